The highest BCUT2D eigenvalue weighted by molar-refractivity contribution is 6.34. The first-order valence-electron chi connectivity index (χ1n) is 18.0. The largest absolute Gasteiger partial charge is 0.411 e. The number of anilines is 1. The molecule has 7 rings (SSSR count). The van der Waals surface area contributed by atoms with Crippen LogP contribution in [0.1, 0.15) is 108 Å². The molecule has 2 aliphatic rings. The molecule has 5 aromatic carbocycles. The molecule has 57 heavy (non-hydrogen) atoms. The number of hydrogen-bond acceptors (Lipinski definition) is 4. The van der Waals surface area contributed by atoms with Crippen molar-refractivity contribution in [3.8, 4) is 0 Å². The number of alkyl halides is 6. The summed E-state index contributed by atoms with van der Waals surface area (Å²) >= 11 is 0. The van der Waals surface area contributed by atoms with Gasteiger partial charge in [-0.3, -0.25) is 24.1 Å². The Morgan fingerprint density at radius 2 is 0.737 bits per heavy atom. The second kappa shape index (κ2) is 13.0. The van der Waals surface area contributed by atoms with Crippen LogP contribution in [0.3, 0.4) is 0 Å². The molecule has 6 nitrogen and oxygen atoms in total. The molecule has 2 aliphatic heterocycles. The maximum Gasteiger partial charge on any atom is 0.411 e. The van der Waals surface area contributed by atoms with Crippen LogP contribution in [0.2, 0.25) is 0 Å². The summed E-state index contributed by atoms with van der Waals surface area (Å²) < 4.78 is 90.5. The number of carbonyl (C=O) groups is 4. The molecule has 0 saturated heterocycles. The van der Waals surface area contributed by atoms with E-state index < -0.39 is 69.1 Å². The second-order valence-electron chi connectivity index (χ2n) is 15.6. The van der Waals surface area contributed by atoms with Crippen LogP contribution >= 0.6 is 0 Å². The smallest absolute Gasteiger partial charge is 0.277 e. The highest BCUT2D eigenvalue weighted by atomic mass is 19.4. The molecule has 0 unspecified atom stereocenters. The lowest BCUT2D eigenvalue weighted by Gasteiger charge is -2.38. The van der Waals surface area contributed by atoms with E-state index in [1.54, 1.807) is 12.1 Å². The van der Waals surface area contributed by atoms with Crippen molar-refractivity contribution >= 4 is 29.3 Å². The molecule has 12 heteroatoms. The molecule has 0 N–H and O–H groups in total. The first-order chi connectivity index (χ1) is 26.5. The lowest BCUT2D eigenvalue weighted by Crippen LogP contribution is -2.55. The second-order valence-corrected chi connectivity index (χ2v) is 15.6. The topological polar surface area (TPSA) is 74.8 Å². The zero-order valence-corrected chi connectivity index (χ0v) is 31.7. The van der Waals surface area contributed by atoms with E-state index in [4.69, 9.17) is 0 Å². The van der Waals surface area contributed by atoms with Crippen molar-refractivity contribution < 1.29 is 45.5 Å². The summed E-state index contributed by atoms with van der Waals surface area (Å²) in [4.78, 5) is 53.7. The number of amides is 4. The van der Waals surface area contributed by atoms with E-state index in [1.807, 2.05) is 32.9 Å². The van der Waals surface area contributed by atoms with Crippen LogP contribution in [0.4, 0.5) is 32.0 Å². The van der Waals surface area contributed by atoms with Crippen LogP contribution in [0.5, 0.6) is 0 Å². The van der Waals surface area contributed by atoms with Gasteiger partial charge in [-0.15, -0.1) is 0 Å². The van der Waals surface area contributed by atoms with Crippen LogP contribution in [0.25, 0.3) is 0 Å². The summed E-state index contributed by atoms with van der Waals surface area (Å²) in [6.07, 6.45) is -12.1. The predicted octanol–water partition coefficient (Wildman–Crippen LogP) is 10.1. The van der Waals surface area contributed by atoms with Crippen molar-refractivity contribution in [2.75, 3.05) is 11.9 Å². The minimum absolute atomic E-state index is 0.0707. The highest BCUT2D eigenvalue weighted by Gasteiger charge is 2.73. The van der Waals surface area contributed by atoms with E-state index in [0.717, 1.165) is 35.9 Å². The summed E-state index contributed by atoms with van der Waals surface area (Å²) in [7, 11) is 1.06. The SMILES string of the molecule is Cc1ccc(C(C)(C)c2ccc(C(C)(C)c3ccc(N4C(=O)c5ccc(C(c6ccc7c(c6)C(=O)N(C)C7=O)(C(F)(F)F)C(F)(F)F)cc5C4=O)cc3)cc2)cc1. The summed E-state index contributed by atoms with van der Waals surface area (Å²) in [6, 6.07) is 26.4. The van der Waals surface area contributed by atoms with Gasteiger partial charge >= 0.3 is 12.4 Å². The molecule has 0 spiro atoms. The Morgan fingerprint density at radius 3 is 1.16 bits per heavy atom. The minimum Gasteiger partial charge on any atom is -0.277 e. The van der Waals surface area contributed by atoms with Crippen LogP contribution in [0, 0.1) is 6.92 Å². The fourth-order valence-corrected chi connectivity index (χ4v) is 7.92. The van der Waals surface area contributed by atoms with Crippen molar-refractivity contribution in [3.05, 3.63) is 170 Å². The van der Waals surface area contributed by atoms with Gasteiger partial charge < -0.3 is 0 Å². The van der Waals surface area contributed by atoms with E-state index in [1.165, 1.54) is 23.3 Å². The molecule has 292 valence electrons. The van der Waals surface area contributed by atoms with Gasteiger partial charge in [0.15, 0.2) is 0 Å². The van der Waals surface area contributed by atoms with Crippen LogP contribution in [0.15, 0.2) is 109 Å². The third kappa shape index (κ3) is 5.87. The average molecular weight is 783 g/mol. The van der Waals surface area contributed by atoms with Gasteiger partial charge in [0, 0.05) is 17.9 Å². The zero-order valence-electron chi connectivity index (χ0n) is 31.7. The molecular weight excluding hydrogens is 746 g/mol. The maximum atomic E-state index is 15.1. The van der Waals surface area contributed by atoms with Crippen molar-refractivity contribution in [2.24, 2.45) is 0 Å². The number of hydrogen-bond donors (Lipinski definition) is 0. The Morgan fingerprint density at radius 1 is 0.421 bits per heavy atom. The first-order valence-corrected chi connectivity index (χ1v) is 18.0. The van der Waals surface area contributed by atoms with E-state index >= 15 is 26.3 Å². The summed E-state index contributed by atoms with van der Waals surface area (Å²) in [6.45, 7) is 10.4. The van der Waals surface area contributed by atoms with E-state index in [0.29, 0.717) is 34.1 Å². The predicted molar refractivity (Wildman–Crippen MR) is 202 cm³/mol. The van der Waals surface area contributed by atoms with Gasteiger partial charge in [-0.05, 0) is 76.7 Å². The van der Waals surface area contributed by atoms with Crippen molar-refractivity contribution in [2.45, 2.75) is 63.2 Å². The molecule has 4 amide bonds. The molecule has 0 fully saturated rings. The number of benzene rings is 5. The Kier molecular flexibility index (Phi) is 8.95. The van der Waals surface area contributed by atoms with Crippen molar-refractivity contribution in [3.63, 3.8) is 0 Å². The average Bonchev–Trinajstić information content (AvgIpc) is 3.53. The quantitative estimate of drug-likeness (QED) is 0.122. The van der Waals surface area contributed by atoms with E-state index in [9.17, 15) is 19.2 Å². The molecule has 0 atom stereocenters. The number of halogens is 6. The summed E-state index contributed by atoms with van der Waals surface area (Å²) in [5, 5.41) is 0. The Hall–Kier alpha value is -6.04. The molecule has 0 bridgehead atoms. The molecular formula is C45H36F6N2O4. The van der Waals surface area contributed by atoms with Gasteiger partial charge in [-0.25, -0.2) is 4.90 Å². The minimum atomic E-state index is -6.06. The van der Waals surface area contributed by atoms with E-state index in [-0.39, 0.29) is 22.2 Å². The number of imide groups is 2. The molecule has 2 heterocycles. The number of fused-ring (bicyclic) bond motifs is 2. The van der Waals surface area contributed by atoms with E-state index in [2.05, 4.69) is 50.2 Å². The monoisotopic (exact) mass is 782 g/mol. The Balaban J connectivity index is 1.20. The number of aryl methyl sites for hydroxylation is 1. The Bertz CT molecular complexity index is 2470. The van der Waals surface area contributed by atoms with Gasteiger partial charge in [-0.2, -0.15) is 26.3 Å². The van der Waals surface area contributed by atoms with Crippen LogP contribution in [-0.2, 0) is 16.2 Å². The van der Waals surface area contributed by atoms with Gasteiger partial charge in [0.25, 0.3) is 23.6 Å². The van der Waals surface area contributed by atoms with Crippen molar-refractivity contribution in [1.82, 2.24) is 4.90 Å². The fraction of sp³-hybridized carbons (Fsp3) is 0.244. The van der Waals surface area contributed by atoms with Gasteiger partial charge in [0.2, 0.25) is 5.41 Å². The standard InChI is InChI=1S/C45H36F6N2O4/c1-25-7-9-26(10-8-25)41(2,3)27-11-13-28(14-12-27)42(4,5)29-15-19-32(20-16-29)53-39(56)34-22-18-31(24-36(34)40(53)57)43(44(46,47)48,45(49,50)51)30-17-21-33-35(23-30)38(55)52(6)37(33)54/h7-24H,1-6H3. The molecule has 0 aromatic heterocycles. The molecule has 0 saturated carbocycles. The number of nitrogens with zero attached hydrogens (tertiary/aromatic N) is 2. The first kappa shape index (κ1) is 39.2. The summed E-state index contributed by atoms with van der Waals surface area (Å²) in [5.41, 5.74) is -5.00. The van der Waals surface area contributed by atoms with Crippen LogP contribution < -0.4 is 4.90 Å². The number of carbonyl (C=O) groups excluding carboxylic acids is 4. The third-order valence-electron chi connectivity index (χ3n) is 11.6. The fourth-order valence-electron chi connectivity index (χ4n) is 7.92. The zero-order chi connectivity index (χ0) is 41.6. The maximum absolute atomic E-state index is 15.1. The van der Waals surface area contributed by atoms with Crippen molar-refractivity contribution in [1.29, 1.82) is 0 Å². The summed E-state index contributed by atoms with van der Waals surface area (Å²) in [5.74, 6) is -3.97. The van der Waals surface area contributed by atoms with Gasteiger partial charge in [-0.1, -0.05) is 106 Å². The molecule has 5 aromatic rings. The van der Waals surface area contributed by atoms with Gasteiger partial charge in [0.05, 0.1) is 27.9 Å². The molecule has 0 aliphatic carbocycles. The van der Waals surface area contributed by atoms with Gasteiger partial charge in [0.1, 0.15) is 0 Å². The highest BCUT2D eigenvalue weighted by Crippen LogP contribution is 2.57. The Labute approximate surface area is 324 Å². The third-order valence-corrected chi connectivity index (χ3v) is 11.6. The molecule has 0 radical (unpaired) electrons. The number of rotatable bonds is 7. The normalized spacial score (nSPS) is 15.1. The van der Waals surface area contributed by atoms with Crippen LogP contribution in [-0.4, -0.2) is 47.9 Å². The lowest BCUT2D eigenvalue weighted by molar-refractivity contribution is -0.288. The lowest BCUT2D eigenvalue weighted by atomic mass is 9.71.